The summed E-state index contributed by atoms with van der Waals surface area (Å²) in [6.45, 7) is 5.20. The van der Waals surface area contributed by atoms with Crippen molar-refractivity contribution in [3.8, 4) is 0 Å². The van der Waals surface area contributed by atoms with Gasteiger partial charge in [0.1, 0.15) is 0 Å². The van der Waals surface area contributed by atoms with Gasteiger partial charge in [-0.25, -0.2) is 0 Å². The van der Waals surface area contributed by atoms with Gasteiger partial charge in [0.15, 0.2) is 5.96 Å². The van der Waals surface area contributed by atoms with Crippen LogP contribution in [-0.2, 0) is 4.79 Å². The van der Waals surface area contributed by atoms with Gasteiger partial charge >= 0.3 is 0 Å². The minimum atomic E-state index is 0.161. The van der Waals surface area contributed by atoms with Crippen molar-refractivity contribution in [2.24, 2.45) is 4.99 Å². The number of carbonyl (C=O) groups excluding carboxylic acids is 1. The molecule has 1 aliphatic heterocycles. The Labute approximate surface area is 162 Å². The van der Waals surface area contributed by atoms with E-state index in [0.29, 0.717) is 12.5 Å². The van der Waals surface area contributed by atoms with Gasteiger partial charge in [0, 0.05) is 44.8 Å². The summed E-state index contributed by atoms with van der Waals surface area (Å²) in [4.78, 5) is 18.5. The lowest BCUT2D eigenvalue weighted by Crippen LogP contribution is -2.39. The smallest absolute Gasteiger partial charge is 0.220 e. The normalized spacial score (nSPS) is 18.3. The Morgan fingerprint density at radius 1 is 1.30 bits per heavy atom. The lowest BCUT2D eigenvalue weighted by molar-refractivity contribution is -0.121. The van der Waals surface area contributed by atoms with E-state index in [9.17, 15) is 4.79 Å². The molecular weight excluding hydrogens is 338 g/mol. The number of nitrogens with zero attached hydrogens (tertiary/aromatic N) is 2. The molecule has 27 heavy (non-hydrogen) atoms. The monoisotopic (exact) mass is 371 g/mol. The highest BCUT2D eigenvalue weighted by atomic mass is 16.1. The van der Waals surface area contributed by atoms with Gasteiger partial charge in [0.05, 0.1) is 6.04 Å². The van der Waals surface area contributed by atoms with E-state index < -0.39 is 0 Å². The van der Waals surface area contributed by atoms with Crippen molar-refractivity contribution in [2.75, 3.05) is 31.6 Å². The predicted octanol–water partition coefficient (Wildman–Crippen LogP) is 2.57. The molecule has 6 heteroatoms. The van der Waals surface area contributed by atoms with Crippen LogP contribution in [0.4, 0.5) is 5.69 Å². The quantitative estimate of drug-likeness (QED) is 0.373. The van der Waals surface area contributed by atoms with Gasteiger partial charge in [-0.1, -0.05) is 12.1 Å². The molecule has 1 amide bonds. The maximum Gasteiger partial charge on any atom is 0.220 e. The number of aliphatic imine (C=N–C) groups is 1. The third-order valence-electron chi connectivity index (χ3n) is 5.23. The van der Waals surface area contributed by atoms with Crippen molar-refractivity contribution in [1.82, 2.24) is 16.0 Å². The van der Waals surface area contributed by atoms with Crippen LogP contribution in [0.3, 0.4) is 0 Å². The summed E-state index contributed by atoms with van der Waals surface area (Å²) in [5.41, 5.74) is 2.56. The summed E-state index contributed by atoms with van der Waals surface area (Å²) in [6.07, 6.45) is 6.21. The summed E-state index contributed by atoms with van der Waals surface area (Å²) >= 11 is 0. The molecule has 0 radical (unpaired) electrons. The fraction of sp³-hybridized carbons (Fsp3) is 0.619. The fourth-order valence-electron chi connectivity index (χ4n) is 3.43. The number of rotatable bonds is 8. The SMILES string of the molecule is CN=C(NCCCC(=O)NC1CC1)NC(C)c1cccc(N2CCCC2)c1. The van der Waals surface area contributed by atoms with Crippen LogP contribution in [-0.4, -0.2) is 44.6 Å². The minimum Gasteiger partial charge on any atom is -0.372 e. The van der Waals surface area contributed by atoms with E-state index in [1.807, 2.05) is 0 Å². The molecule has 1 aliphatic carbocycles. The highest BCUT2D eigenvalue weighted by molar-refractivity contribution is 5.80. The maximum absolute atomic E-state index is 11.7. The first-order chi connectivity index (χ1) is 13.2. The summed E-state index contributed by atoms with van der Waals surface area (Å²) in [5.74, 6) is 0.936. The van der Waals surface area contributed by atoms with Gasteiger partial charge in [-0.15, -0.1) is 0 Å². The standard InChI is InChI=1S/C21H33N5O/c1-16(17-7-5-8-19(15-17)26-13-3-4-14-26)24-21(22-2)23-12-6-9-20(27)25-18-10-11-18/h5,7-8,15-16,18H,3-4,6,9-14H2,1-2H3,(H,25,27)(H2,22,23,24). The first kappa shape index (κ1) is 19.5. The highest BCUT2D eigenvalue weighted by Gasteiger charge is 2.22. The van der Waals surface area contributed by atoms with Crippen molar-refractivity contribution >= 4 is 17.6 Å². The third kappa shape index (κ3) is 6.15. The van der Waals surface area contributed by atoms with Crippen molar-refractivity contribution in [1.29, 1.82) is 0 Å². The van der Waals surface area contributed by atoms with Crippen LogP contribution in [0.2, 0.25) is 0 Å². The van der Waals surface area contributed by atoms with E-state index in [0.717, 1.165) is 44.9 Å². The Morgan fingerprint density at radius 2 is 2.07 bits per heavy atom. The van der Waals surface area contributed by atoms with Gasteiger partial charge < -0.3 is 20.9 Å². The van der Waals surface area contributed by atoms with Crippen molar-refractivity contribution in [3.63, 3.8) is 0 Å². The number of carbonyl (C=O) groups is 1. The Bertz CT molecular complexity index is 650. The lowest BCUT2D eigenvalue weighted by Gasteiger charge is -2.22. The molecule has 1 aromatic carbocycles. The molecule has 1 heterocycles. The van der Waals surface area contributed by atoms with Gasteiger partial charge in [-0.2, -0.15) is 0 Å². The molecule has 1 saturated carbocycles. The molecule has 1 atom stereocenters. The first-order valence-electron chi connectivity index (χ1n) is 10.3. The topological polar surface area (TPSA) is 68.8 Å². The Balaban J connectivity index is 1.43. The number of nitrogens with one attached hydrogen (secondary N) is 3. The van der Waals surface area contributed by atoms with E-state index in [2.05, 4.69) is 57.0 Å². The highest BCUT2D eigenvalue weighted by Crippen LogP contribution is 2.24. The van der Waals surface area contributed by atoms with Crippen LogP contribution in [0.5, 0.6) is 0 Å². The maximum atomic E-state index is 11.7. The molecule has 0 spiro atoms. The van der Waals surface area contributed by atoms with E-state index in [1.165, 1.54) is 24.1 Å². The largest absolute Gasteiger partial charge is 0.372 e. The summed E-state index contributed by atoms with van der Waals surface area (Å²) in [7, 11) is 1.78. The second-order valence-corrected chi connectivity index (χ2v) is 7.60. The molecular formula is C21H33N5O. The van der Waals surface area contributed by atoms with Gasteiger partial charge in [0.25, 0.3) is 0 Å². The zero-order chi connectivity index (χ0) is 19.1. The molecule has 3 rings (SSSR count). The van der Waals surface area contributed by atoms with E-state index in [1.54, 1.807) is 7.05 Å². The van der Waals surface area contributed by atoms with Gasteiger partial charge in [-0.05, 0) is 56.7 Å². The predicted molar refractivity (Wildman–Crippen MR) is 111 cm³/mol. The number of hydrogen-bond acceptors (Lipinski definition) is 3. The van der Waals surface area contributed by atoms with Crippen LogP contribution in [0, 0.1) is 0 Å². The molecule has 2 fully saturated rings. The minimum absolute atomic E-state index is 0.161. The van der Waals surface area contributed by atoms with Crippen molar-refractivity contribution < 1.29 is 4.79 Å². The van der Waals surface area contributed by atoms with E-state index in [4.69, 9.17) is 0 Å². The van der Waals surface area contributed by atoms with Crippen LogP contribution >= 0.6 is 0 Å². The molecule has 3 N–H and O–H groups in total. The van der Waals surface area contributed by atoms with Gasteiger partial charge in [0.2, 0.25) is 5.91 Å². The van der Waals surface area contributed by atoms with Gasteiger partial charge in [-0.3, -0.25) is 9.79 Å². The zero-order valence-electron chi connectivity index (χ0n) is 16.6. The van der Waals surface area contributed by atoms with Crippen LogP contribution in [0.1, 0.15) is 57.1 Å². The summed E-state index contributed by atoms with van der Waals surface area (Å²) in [5, 5.41) is 9.78. The molecule has 2 aliphatic rings. The Hall–Kier alpha value is -2.24. The molecule has 148 valence electrons. The average molecular weight is 372 g/mol. The number of amides is 1. The molecule has 6 nitrogen and oxygen atoms in total. The average Bonchev–Trinajstić information content (AvgIpc) is 3.32. The second-order valence-electron chi connectivity index (χ2n) is 7.60. The first-order valence-corrected chi connectivity index (χ1v) is 10.3. The lowest BCUT2D eigenvalue weighted by atomic mass is 10.1. The van der Waals surface area contributed by atoms with Crippen LogP contribution in [0.25, 0.3) is 0 Å². The number of guanidine groups is 1. The van der Waals surface area contributed by atoms with Crippen molar-refractivity contribution in [3.05, 3.63) is 29.8 Å². The van der Waals surface area contributed by atoms with Crippen LogP contribution in [0.15, 0.2) is 29.3 Å². The molecule has 0 bridgehead atoms. The Morgan fingerprint density at radius 3 is 2.78 bits per heavy atom. The van der Waals surface area contributed by atoms with E-state index in [-0.39, 0.29) is 11.9 Å². The molecule has 1 aromatic rings. The molecule has 0 aromatic heterocycles. The molecule has 1 unspecified atom stereocenters. The third-order valence-corrected chi connectivity index (χ3v) is 5.23. The zero-order valence-corrected chi connectivity index (χ0v) is 16.6. The second kappa shape index (κ2) is 9.62. The molecule has 1 saturated heterocycles. The number of benzene rings is 1. The van der Waals surface area contributed by atoms with E-state index >= 15 is 0 Å². The summed E-state index contributed by atoms with van der Waals surface area (Å²) < 4.78 is 0. The number of hydrogen-bond donors (Lipinski definition) is 3. The number of anilines is 1. The fourth-order valence-corrected chi connectivity index (χ4v) is 3.43. The van der Waals surface area contributed by atoms with Crippen LogP contribution < -0.4 is 20.9 Å². The summed E-state index contributed by atoms with van der Waals surface area (Å²) in [6, 6.07) is 9.37. The Kier molecular flexibility index (Phi) is 6.96. The van der Waals surface area contributed by atoms with Crippen molar-refractivity contribution in [2.45, 2.75) is 57.5 Å².